The van der Waals surface area contributed by atoms with Gasteiger partial charge in [-0.05, 0) is 44.9 Å². The quantitative estimate of drug-likeness (QED) is 0.887. The molecule has 5 heteroatoms. The lowest BCUT2D eigenvalue weighted by Gasteiger charge is -2.39. The molecule has 0 aromatic carbocycles. The van der Waals surface area contributed by atoms with Crippen LogP contribution in [-0.4, -0.2) is 28.6 Å². The van der Waals surface area contributed by atoms with Crippen LogP contribution in [0, 0.1) is 0 Å². The highest BCUT2D eigenvalue weighted by molar-refractivity contribution is 7.16. The molecule has 2 rings (SSSR count). The first-order valence-corrected chi connectivity index (χ1v) is 8.00. The average Bonchev–Trinajstić information content (AvgIpc) is 2.82. The maximum absolute atomic E-state index is 10.8. The van der Waals surface area contributed by atoms with Crippen molar-refractivity contribution in [3.63, 3.8) is 0 Å². The third-order valence-electron chi connectivity index (χ3n) is 3.87. The molecule has 0 radical (unpaired) electrons. The Bertz CT molecular complexity index is 435. The number of nitrogens with zero attached hydrogens (tertiary/aromatic N) is 1. The van der Waals surface area contributed by atoms with E-state index in [1.165, 1.54) is 17.7 Å². The van der Waals surface area contributed by atoms with Crippen LogP contribution >= 0.6 is 22.9 Å². The molecule has 1 N–H and O–H groups in total. The van der Waals surface area contributed by atoms with Crippen LogP contribution in [0.3, 0.4) is 0 Å². The first-order valence-electron chi connectivity index (χ1n) is 6.80. The van der Waals surface area contributed by atoms with Crippen LogP contribution in [0.5, 0.6) is 0 Å². The van der Waals surface area contributed by atoms with Gasteiger partial charge >= 0.3 is 5.97 Å². The molecule has 2 heterocycles. The first-order chi connectivity index (χ1) is 9.08. The summed E-state index contributed by atoms with van der Waals surface area (Å²) in [7, 11) is 0. The molecule has 0 spiro atoms. The normalized spacial score (nSPS) is 22.3. The Morgan fingerprint density at radius 3 is 3.00 bits per heavy atom. The van der Waals surface area contributed by atoms with E-state index in [-0.39, 0.29) is 6.42 Å². The van der Waals surface area contributed by atoms with Crippen molar-refractivity contribution in [1.82, 2.24) is 4.90 Å². The molecule has 0 bridgehead atoms. The minimum Gasteiger partial charge on any atom is -0.481 e. The minimum atomic E-state index is -0.697. The largest absolute Gasteiger partial charge is 0.481 e. The Hall–Kier alpha value is -0.580. The van der Waals surface area contributed by atoms with Crippen LogP contribution in [-0.2, 0) is 4.79 Å². The van der Waals surface area contributed by atoms with Crippen molar-refractivity contribution in [1.29, 1.82) is 0 Å². The smallest absolute Gasteiger partial charge is 0.303 e. The van der Waals surface area contributed by atoms with Gasteiger partial charge in [-0.2, -0.15) is 0 Å². The summed E-state index contributed by atoms with van der Waals surface area (Å²) in [6.07, 6.45) is 4.53. The molecule has 2 atom stereocenters. The molecule has 0 saturated carbocycles. The van der Waals surface area contributed by atoms with E-state index < -0.39 is 5.97 Å². The summed E-state index contributed by atoms with van der Waals surface area (Å²) in [5.41, 5.74) is 0. The maximum atomic E-state index is 10.8. The monoisotopic (exact) mass is 301 g/mol. The van der Waals surface area contributed by atoms with E-state index in [4.69, 9.17) is 16.7 Å². The third-order valence-corrected chi connectivity index (χ3v) is 5.27. The van der Waals surface area contributed by atoms with Gasteiger partial charge < -0.3 is 5.11 Å². The van der Waals surface area contributed by atoms with Gasteiger partial charge in [-0.25, -0.2) is 0 Å². The van der Waals surface area contributed by atoms with Gasteiger partial charge in [0.25, 0.3) is 0 Å². The number of carboxylic acid groups (broad SMARTS) is 1. The van der Waals surface area contributed by atoms with E-state index in [0.717, 1.165) is 23.7 Å². The highest BCUT2D eigenvalue weighted by atomic mass is 35.5. The van der Waals surface area contributed by atoms with Crippen LogP contribution < -0.4 is 0 Å². The fourth-order valence-corrected chi connectivity index (χ4v) is 3.98. The van der Waals surface area contributed by atoms with Gasteiger partial charge in [0.05, 0.1) is 4.34 Å². The molecule has 1 saturated heterocycles. The highest BCUT2D eigenvalue weighted by Crippen LogP contribution is 2.34. The summed E-state index contributed by atoms with van der Waals surface area (Å²) >= 11 is 7.63. The van der Waals surface area contributed by atoms with Crippen molar-refractivity contribution in [3.05, 3.63) is 21.3 Å². The Balaban J connectivity index is 2.03. The average molecular weight is 302 g/mol. The summed E-state index contributed by atoms with van der Waals surface area (Å²) in [6.45, 7) is 3.25. The Kier molecular flexibility index (Phi) is 5.25. The predicted octanol–water partition coefficient (Wildman–Crippen LogP) is 4.18. The Morgan fingerprint density at radius 1 is 1.58 bits per heavy atom. The number of halogens is 1. The lowest BCUT2D eigenvalue weighted by Crippen LogP contribution is -2.41. The third kappa shape index (κ3) is 3.94. The van der Waals surface area contributed by atoms with Gasteiger partial charge in [0.15, 0.2) is 0 Å². The van der Waals surface area contributed by atoms with Crippen LogP contribution in [0.4, 0.5) is 0 Å². The molecule has 1 aliphatic heterocycles. The standard InChI is InChI=1S/C14H20ClNO2S/c1-10(12-6-7-13(15)19-12)16-9-3-2-4-11(16)5-8-14(17)18/h6-7,10-11H,2-5,8-9H2,1H3,(H,17,18). The minimum absolute atomic E-state index is 0.263. The van der Waals surface area contributed by atoms with Gasteiger partial charge in [-0.1, -0.05) is 18.0 Å². The number of aliphatic carboxylic acids is 1. The van der Waals surface area contributed by atoms with Crippen LogP contribution in [0.2, 0.25) is 4.34 Å². The van der Waals surface area contributed by atoms with Crippen molar-refractivity contribution in [2.75, 3.05) is 6.54 Å². The first kappa shape index (κ1) is 14.8. The summed E-state index contributed by atoms with van der Waals surface area (Å²) in [4.78, 5) is 14.5. The number of rotatable bonds is 5. The van der Waals surface area contributed by atoms with Crippen molar-refractivity contribution < 1.29 is 9.90 Å². The molecule has 19 heavy (non-hydrogen) atoms. The van der Waals surface area contributed by atoms with Crippen molar-refractivity contribution >= 4 is 28.9 Å². The molecule has 106 valence electrons. The molecule has 0 aliphatic carbocycles. The summed E-state index contributed by atoms with van der Waals surface area (Å²) in [5, 5.41) is 8.86. The number of carbonyl (C=O) groups is 1. The molecule has 1 aliphatic rings. The molecule has 3 nitrogen and oxygen atoms in total. The lowest BCUT2D eigenvalue weighted by molar-refractivity contribution is -0.137. The van der Waals surface area contributed by atoms with Gasteiger partial charge in [0.2, 0.25) is 0 Å². The zero-order valence-corrected chi connectivity index (χ0v) is 12.7. The van der Waals surface area contributed by atoms with E-state index in [0.29, 0.717) is 12.1 Å². The highest BCUT2D eigenvalue weighted by Gasteiger charge is 2.28. The SMILES string of the molecule is CC(c1ccc(Cl)s1)N1CCCCC1CCC(=O)O. The van der Waals surface area contributed by atoms with E-state index in [1.54, 1.807) is 11.3 Å². The van der Waals surface area contributed by atoms with Crippen LogP contribution in [0.15, 0.2) is 12.1 Å². The van der Waals surface area contributed by atoms with Gasteiger partial charge in [-0.3, -0.25) is 9.69 Å². The van der Waals surface area contributed by atoms with Crippen molar-refractivity contribution in [2.45, 2.75) is 51.1 Å². The molecule has 2 unspecified atom stereocenters. The Labute approximate surface area is 123 Å². The molecule has 1 aromatic rings. The topological polar surface area (TPSA) is 40.5 Å². The van der Waals surface area contributed by atoms with Crippen molar-refractivity contribution in [3.8, 4) is 0 Å². The molecule has 0 amide bonds. The van der Waals surface area contributed by atoms with E-state index >= 15 is 0 Å². The molecule has 1 aromatic heterocycles. The number of thiophene rings is 1. The molecule has 1 fully saturated rings. The van der Waals surface area contributed by atoms with E-state index in [2.05, 4.69) is 17.9 Å². The van der Waals surface area contributed by atoms with Crippen LogP contribution in [0.1, 0.15) is 49.9 Å². The molecular formula is C14H20ClNO2S. The lowest BCUT2D eigenvalue weighted by atomic mass is 9.96. The second-order valence-electron chi connectivity index (χ2n) is 5.14. The van der Waals surface area contributed by atoms with E-state index in [9.17, 15) is 4.79 Å². The van der Waals surface area contributed by atoms with E-state index in [1.807, 2.05) is 6.07 Å². The van der Waals surface area contributed by atoms with Crippen LogP contribution in [0.25, 0.3) is 0 Å². The fourth-order valence-electron chi connectivity index (χ4n) is 2.85. The Morgan fingerprint density at radius 2 is 2.37 bits per heavy atom. The summed E-state index contributed by atoms with van der Waals surface area (Å²) < 4.78 is 0.820. The number of piperidine rings is 1. The van der Waals surface area contributed by atoms with Gasteiger partial charge in [-0.15, -0.1) is 11.3 Å². The molecular weight excluding hydrogens is 282 g/mol. The number of hydrogen-bond donors (Lipinski definition) is 1. The predicted molar refractivity (Wildman–Crippen MR) is 79.0 cm³/mol. The summed E-state index contributed by atoms with van der Waals surface area (Å²) in [6, 6.07) is 4.74. The second-order valence-corrected chi connectivity index (χ2v) is 6.88. The van der Waals surface area contributed by atoms with Crippen molar-refractivity contribution in [2.24, 2.45) is 0 Å². The zero-order chi connectivity index (χ0) is 13.8. The maximum Gasteiger partial charge on any atom is 0.303 e. The fraction of sp³-hybridized carbons (Fsp3) is 0.643. The number of carboxylic acids is 1. The summed E-state index contributed by atoms with van der Waals surface area (Å²) in [5.74, 6) is -0.697. The zero-order valence-electron chi connectivity index (χ0n) is 11.1. The number of likely N-dealkylation sites (tertiary alicyclic amines) is 1. The second kappa shape index (κ2) is 6.73. The number of hydrogen-bond acceptors (Lipinski definition) is 3. The van der Waals surface area contributed by atoms with Gasteiger partial charge in [0, 0.05) is 23.4 Å². The van der Waals surface area contributed by atoms with Gasteiger partial charge in [0.1, 0.15) is 0 Å².